The summed E-state index contributed by atoms with van der Waals surface area (Å²) in [4.78, 5) is 0. The third kappa shape index (κ3) is 16.8. The summed E-state index contributed by atoms with van der Waals surface area (Å²) in [6.07, 6.45) is 4.07. The minimum Gasteiger partial charge on any atom is -0.379 e. The maximum Gasteiger partial charge on any atom is 0.0993 e. The standard InChI is InChI=1S/C28H54N6O2/c1-19(2)25(29)11-9-13-35-17-23(15-27(31)21(5)6)33-34-24(16-28(32)22(7)8)18-36-14-10-12-26(30)20(3)4/h19-24,29-32H,9-18H2,1-8H3. The molecule has 2 atom stereocenters. The maximum absolute atomic E-state index is 8.31. The van der Waals surface area contributed by atoms with E-state index >= 15 is 0 Å². The van der Waals surface area contributed by atoms with E-state index in [4.69, 9.17) is 31.1 Å². The normalized spacial score (nSPS) is 13.8. The Morgan fingerprint density at radius 3 is 1.11 bits per heavy atom. The fourth-order valence-electron chi connectivity index (χ4n) is 3.18. The Labute approximate surface area is 220 Å². The van der Waals surface area contributed by atoms with Gasteiger partial charge in [0.1, 0.15) is 0 Å². The van der Waals surface area contributed by atoms with Gasteiger partial charge in [0.15, 0.2) is 0 Å². The molecule has 0 fully saturated rings. The van der Waals surface area contributed by atoms with Gasteiger partial charge in [-0.05, 0) is 49.4 Å². The fraction of sp³-hybridized carbons (Fsp3) is 0.857. The van der Waals surface area contributed by atoms with Crippen LogP contribution in [-0.2, 0) is 9.47 Å². The molecule has 0 aliphatic rings. The van der Waals surface area contributed by atoms with Gasteiger partial charge >= 0.3 is 0 Å². The molecule has 0 spiro atoms. The first kappa shape index (κ1) is 34.2. The molecule has 0 heterocycles. The molecule has 0 bridgehead atoms. The van der Waals surface area contributed by atoms with Crippen molar-refractivity contribution in [3.8, 4) is 0 Å². The number of azo groups is 1. The van der Waals surface area contributed by atoms with Gasteiger partial charge in [0.2, 0.25) is 0 Å². The highest BCUT2D eigenvalue weighted by Gasteiger charge is 2.17. The van der Waals surface area contributed by atoms with E-state index in [-0.39, 0.29) is 35.8 Å². The monoisotopic (exact) mass is 506 g/mol. The van der Waals surface area contributed by atoms with Gasteiger partial charge in [0.05, 0.1) is 25.3 Å². The van der Waals surface area contributed by atoms with Crippen LogP contribution in [0.15, 0.2) is 10.2 Å². The van der Waals surface area contributed by atoms with Gasteiger partial charge in [-0.15, -0.1) is 0 Å². The lowest BCUT2D eigenvalue weighted by molar-refractivity contribution is 0.112. The minimum absolute atomic E-state index is 0.145. The van der Waals surface area contributed by atoms with E-state index in [1.54, 1.807) is 0 Å². The van der Waals surface area contributed by atoms with Crippen LogP contribution in [0.2, 0.25) is 0 Å². The number of ether oxygens (including phenoxy) is 2. The largest absolute Gasteiger partial charge is 0.379 e. The van der Waals surface area contributed by atoms with Crippen LogP contribution < -0.4 is 0 Å². The highest BCUT2D eigenvalue weighted by atomic mass is 16.5. The molecular formula is C28H54N6O2. The lowest BCUT2D eigenvalue weighted by Crippen LogP contribution is -2.24. The van der Waals surface area contributed by atoms with Crippen molar-refractivity contribution in [2.24, 2.45) is 33.9 Å². The minimum atomic E-state index is -0.244. The molecule has 8 nitrogen and oxygen atoms in total. The highest BCUT2D eigenvalue weighted by Crippen LogP contribution is 2.13. The third-order valence-electron chi connectivity index (χ3n) is 6.18. The Kier molecular flexibility index (Phi) is 18.4. The number of nitrogens with zero attached hydrogens (tertiary/aromatic N) is 2. The summed E-state index contributed by atoms with van der Waals surface area (Å²) in [6.45, 7) is 18.1. The smallest absolute Gasteiger partial charge is 0.0993 e. The second-order valence-corrected chi connectivity index (χ2v) is 11.0. The maximum atomic E-state index is 8.31. The van der Waals surface area contributed by atoms with Crippen LogP contribution >= 0.6 is 0 Å². The van der Waals surface area contributed by atoms with Crippen LogP contribution in [0.4, 0.5) is 0 Å². The molecule has 0 aliphatic heterocycles. The zero-order valence-corrected chi connectivity index (χ0v) is 24.2. The van der Waals surface area contributed by atoms with Crippen molar-refractivity contribution in [1.82, 2.24) is 0 Å². The third-order valence-corrected chi connectivity index (χ3v) is 6.18. The Morgan fingerprint density at radius 1 is 0.528 bits per heavy atom. The number of hydrogen-bond acceptors (Lipinski definition) is 8. The van der Waals surface area contributed by atoms with Crippen molar-refractivity contribution < 1.29 is 9.47 Å². The molecule has 0 saturated carbocycles. The van der Waals surface area contributed by atoms with Crippen molar-refractivity contribution >= 4 is 22.8 Å². The van der Waals surface area contributed by atoms with E-state index < -0.39 is 0 Å². The van der Waals surface area contributed by atoms with Crippen LogP contribution in [-0.4, -0.2) is 61.4 Å². The average Bonchev–Trinajstić information content (AvgIpc) is 2.80. The summed E-state index contributed by atoms with van der Waals surface area (Å²) in [7, 11) is 0. The van der Waals surface area contributed by atoms with Crippen LogP contribution in [0.3, 0.4) is 0 Å². The molecular weight excluding hydrogens is 452 g/mol. The first-order chi connectivity index (χ1) is 16.8. The summed E-state index contributed by atoms with van der Waals surface area (Å²) >= 11 is 0. The van der Waals surface area contributed by atoms with Crippen LogP contribution in [0.1, 0.15) is 93.9 Å². The number of rotatable bonds is 22. The van der Waals surface area contributed by atoms with Gasteiger partial charge < -0.3 is 31.1 Å². The summed E-state index contributed by atoms with van der Waals surface area (Å²) in [5.41, 5.74) is 2.74. The van der Waals surface area contributed by atoms with Gasteiger partial charge in [-0.3, -0.25) is 0 Å². The van der Waals surface area contributed by atoms with Crippen LogP contribution in [0.25, 0.3) is 0 Å². The zero-order valence-electron chi connectivity index (χ0n) is 24.2. The molecule has 0 aromatic rings. The molecule has 0 rings (SSSR count). The van der Waals surface area contributed by atoms with Crippen molar-refractivity contribution in [3.05, 3.63) is 0 Å². The van der Waals surface area contributed by atoms with Gasteiger partial charge in [0, 0.05) is 48.9 Å². The van der Waals surface area contributed by atoms with E-state index in [1.807, 2.05) is 55.4 Å². The second-order valence-electron chi connectivity index (χ2n) is 11.0. The molecule has 36 heavy (non-hydrogen) atoms. The van der Waals surface area contributed by atoms with E-state index in [2.05, 4.69) is 10.2 Å². The van der Waals surface area contributed by atoms with Crippen molar-refractivity contribution in [2.45, 2.75) is 106 Å². The second kappa shape index (κ2) is 19.3. The average molecular weight is 507 g/mol. The Hall–Kier alpha value is -1.80. The molecule has 0 saturated heterocycles. The topological polar surface area (TPSA) is 139 Å². The van der Waals surface area contributed by atoms with E-state index in [1.165, 1.54) is 0 Å². The summed E-state index contributed by atoms with van der Waals surface area (Å²) in [6, 6.07) is -0.488. The summed E-state index contributed by atoms with van der Waals surface area (Å²) < 4.78 is 11.7. The lowest BCUT2D eigenvalue weighted by atomic mass is 10.0. The Balaban J connectivity index is 5.04. The van der Waals surface area contributed by atoms with Gasteiger partial charge in [-0.2, -0.15) is 10.2 Å². The molecule has 0 aliphatic carbocycles. The summed E-state index contributed by atoms with van der Waals surface area (Å²) in [5.74, 6) is 0.826. The van der Waals surface area contributed by atoms with Gasteiger partial charge in [-0.1, -0.05) is 55.4 Å². The molecule has 0 amide bonds. The van der Waals surface area contributed by atoms with E-state index in [0.717, 1.165) is 37.1 Å². The quantitative estimate of drug-likeness (QED) is 0.0697. The number of nitrogens with one attached hydrogen (secondary N) is 4. The van der Waals surface area contributed by atoms with Gasteiger partial charge in [-0.25, -0.2) is 0 Å². The molecule has 8 heteroatoms. The van der Waals surface area contributed by atoms with Crippen molar-refractivity contribution in [2.75, 3.05) is 26.4 Å². The van der Waals surface area contributed by atoms with Gasteiger partial charge in [0.25, 0.3) is 0 Å². The van der Waals surface area contributed by atoms with Crippen LogP contribution in [0.5, 0.6) is 0 Å². The Bertz CT molecular complexity index is 642. The predicted molar refractivity (Wildman–Crippen MR) is 152 cm³/mol. The SMILES string of the molecule is CC(C)C(=N)CCCOCC(CC(=N)C(C)C)N=NC(COCCCC(=N)C(C)C)CC(=N)C(C)C. The molecule has 2 unspecified atom stereocenters. The first-order valence-corrected chi connectivity index (χ1v) is 13.7. The molecule has 0 aromatic carbocycles. The molecule has 4 N–H and O–H groups in total. The van der Waals surface area contributed by atoms with Crippen molar-refractivity contribution in [1.29, 1.82) is 21.6 Å². The summed E-state index contributed by atoms with van der Waals surface area (Å²) in [5, 5.41) is 41.7. The van der Waals surface area contributed by atoms with Crippen molar-refractivity contribution in [3.63, 3.8) is 0 Å². The number of hydrogen-bond donors (Lipinski definition) is 4. The molecule has 208 valence electrons. The van der Waals surface area contributed by atoms with E-state index in [9.17, 15) is 0 Å². The van der Waals surface area contributed by atoms with Crippen LogP contribution in [0, 0.1) is 45.3 Å². The Morgan fingerprint density at radius 2 is 0.833 bits per heavy atom. The van der Waals surface area contributed by atoms with E-state index in [0.29, 0.717) is 50.7 Å². The fourth-order valence-corrected chi connectivity index (χ4v) is 3.18. The highest BCUT2D eigenvalue weighted by molar-refractivity contribution is 5.84. The molecule has 0 aromatic heterocycles. The lowest BCUT2D eigenvalue weighted by Gasteiger charge is -2.18. The predicted octanol–water partition coefficient (Wildman–Crippen LogP) is 7.25. The zero-order chi connectivity index (χ0) is 27.7. The first-order valence-electron chi connectivity index (χ1n) is 13.7. The molecule has 0 radical (unpaired) electrons.